The van der Waals surface area contributed by atoms with Crippen molar-refractivity contribution in [1.82, 2.24) is 4.90 Å². The first-order valence-corrected chi connectivity index (χ1v) is 14.6. The average Bonchev–Trinajstić information content (AvgIpc) is 2.77. The van der Waals surface area contributed by atoms with Crippen molar-refractivity contribution in [3.05, 3.63) is 12.2 Å². The van der Waals surface area contributed by atoms with E-state index in [9.17, 15) is 0 Å². The van der Waals surface area contributed by atoms with E-state index in [1.165, 1.54) is 166 Å². The fraction of sp³-hybridized carbons (Fsp3) is 0.933. The molecule has 0 saturated carbocycles. The third-order valence-electron chi connectivity index (χ3n) is 6.76. The molecule has 186 valence electrons. The summed E-state index contributed by atoms with van der Waals surface area (Å²) < 4.78 is 0. The molecule has 31 heavy (non-hydrogen) atoms. The minimum atomic E-state index is 1.27. The Kier molecular flexibility index (Phi) is 25.7. The lowest BCUT2D eigenvalue weighted by Gasteiger charge is -2.21. The van der Waals surface area contributed by atoms with E-state index in [4.69, 9.17) is 0 Å². The predicted molar refractivity (Wildman–Crippen MR) is 144 cm³/mol. The van der Waals surface area contributed by atoms with E-state index in [-0.39, 0.29) is 0 Å². The second kappa shape index (κ2) is 26.0. The Hall–Kier alpha value is -0.300. The SMILES string of the molecule is C=C(CCCCCCCCCC)CCCCCCCN(CCC)CCCCCCCC. The van der Waals surface area contributed by atoms with Crippen molar-refractivity contribution < 1.29 is 0 Å². The van der Waals surface area contributed by atoms with Crippen LogP contribution in [0.1, 0.15) is 162 Å². The summed E-state index contributed by atoms with van der Waals surface area (Å²) in [4.78, 5) is 2.73. The first-order chi connectivity index (χ1) is 15.2. The van der Waals surface area contributed by atoms with E-state index >= 15 is 0 Å². The normalized spacial score (nSPS) is 11.5. The van der Waals surface area contributed by atoms with Crippen molar-refractivity contribution in [1.29, 1.82) is 0 Å². The Labute approximate surface area is 198 Å². The third kappa shape index (κ3) is 24.2. The molecular formula is C30H61N. The fourth-order valence-corrected chi connectivity index (χ4v) is 4.64. The largest absolute Gasteiger partial charge is 0.303 e. The molecule has 0 amide bonds. The highest BCUT2D eigenvalue weighted by atomic mass is 15.1. The van der Waals surface area contributed by atoms with Gasteiger partial charge >= 0.3 is 0 Å². The van der Waals surface area contributed by atoms with Gasteiger partial charge in [0, 0.05) is 0 Å². The Bertz CT molecular complexity index is 348. The lowest BCUT2D eigenvalue weighted by Crippen LogP contribution is -2.27. The standard InChI is InChI=1S/C30H61N/c1-5-8-10-12-14-15-17-21-25-30(4)26-22-18-16-20-24-29-31(27-7-3)28-23-19-13-11-9-6-2/h4-29H2,1-3H3. The molecule has 0 aliphatic carbocycles. The molecule has 0 fully saturated rings. The Morgan fingerprint density at radius 2 is 0.774 bits per heavy atom. The van der Waals surface area contributed by atoms with Crippen LogP contribution in [0.25, 0.3) is 0 Å². The Morgan fingerprint density at radius 3 is 1.16 bits per heavy atom. The summed E-state index contributed by atoms with van der Waals surface area (Å²) in [6.07, 6.45) is 30.7. The van der Waals surface area contributed by atoms with Crippen LogP contribution in [-0.2, 0) is 0 Å². The maximum absolute atomic E-state index is 4.34. The predicted octanol–water partition coefficient (Wildman–Crippen LogP) is 10.5. The van der Waals surface area contributed by atoms with Crippen LogP contribution in [0.5, 0.6) is 0 Å². The lowest BCUT2D eigenvalue weighted by molar-refractivity contribution is 0.260. The van der Waals surface area contributed by atoms with Gasteiger partial charge in [-0.25, -0.2) is 0 Å². The molecule has 0 saturated heterocycles. The topological polar surface area (TPSA) is 3.24 Å². The number of unbranched alkanes of at least 4 members (excludes halogenated alkanes) is 16. The average molecular weight is 436 g/mol. The van der Waals surface area contributed by atoms with Gasteiger partial charge in [0.25, 0.3) is 0 Å². The maximum atomic E-state index is 4.34. The van der Waals surface area contributed by atoms with Crippen LogP contribution < -0.4 is 0 Å². The summed E-state index contributed by atoms with van der Waals surface area (Å²) in [7, 11) is 0. The fourth-order valence-electron chi connectivity index (χ4n) is 4.64. The molecule has 0 N–H and O–H groups in total. The number of hydrogen-bond donors (Lipinski definition) is 0. The van der Waals surface area contributed by atoms with Crippen molar-refractivity contribution in [2.24, 2.45) is 0 Å². The molecule has 0 radical (unpaired) electrons. The molecule has 1 heteroatoms. The summed E-state index contributed by atoms with van der Waals surface area (Å²) in [5.74, 6) is 0. The van der Waals surface area contributed by atoms with Gasteiger partial charge in [-0.2, -0.15) is 0 Å². The molecular weight excluding hydrogens is 374 g/mol. The molecule has 0 spiro atoms. The third-order valence-corrected chi connectivity index (χ3v) is 6.76. The smallest absolute Gasteiger partial charge is 0.00187 e. The molecule has 0 rings (SSSR count). The summed E-state index contributed by atoms with van der Waals surface area (Å²) >= 11 is 0. The first-order valence-electron chi connectivity index (χ1n) is 14.6. The van der Waals surface area contributed by atoms with Gasteiger partial charge in [0.2, 0.25) is 0 Å². The minimum Gasteiger partial charge on any atom is -0.303 e. The highest BCUT2D eigenvalue weighted by Gasteiger charge is 2.04. The quantitative estimate of drug-likeness (QED) is 0.0964. The van der Waals surface area contributed by atoms with Crippen LogP contribution in [0.3, 0.4) is 0 Å². The zero-order valence-corrected chi connectivity index (χ0v) is 22.3. The molecule has 0 atom stereocenters. The van der Waals surface area contributed by atoms with Crippen LogP contribution in [0.4, 0.5) is 0 Å². The van der Waals surface area contributed by atoms with Crippen molar-refractivity contribution in [3.8, 4) is 0 Å². The van der Waals surface area contributed by atoms with Gasteiger partial charge in [-0.1, -0.05) is 129 Å². The number of hydrogen-bond acceptors (Lipinski definition) is 1. The second-order valence-electron chi connectivity index (χ2n) is 10.1. The zero-order valence-electron chi connectivity index (χ0n) is 22.3. The van der Waals surface area contributed by atoms with Crippen LogP contribution in [0.15, 0.2) is 12.2 Å². The summed E-state index contributed by atoms with van der Waals surface area (Å²) in [5, 5.41) is 0. The molecule has 0 aromatic heterocycles. The zero-order chi connectivity index (χ0) is 22.8. The van der Waals surface area contributed by atoms with Gasteiger partial charge in [-0.3, -0.25) is 0 Å². The monoisotopic (exact) mass is 435 g/mol. The second-order valence-corrected chi connectivity index (χ2v) is 10.1. The number of nitrogens with zero attached hydrogens (tertiary/aromatic N) is 1. The van der Waals surface area contributed by atoms with Gasteiger partial charge in [-0.15, -0.1) is 0 Å². The molecule has 0 aliphatic rings. The van der Waals surface area contributed by atoms with E-state index in [1.54, 1.807) is 0 Å². The molecule has 0 aromatic rings. The van der Waals surface area contributed by atoms with E-state index in [1.807, 2.05) is 0 Å². The number of allylic oxidation sites excluding steroid dienone is 1. The van der Waals surface area contributed by atoms with E-state index in [0.29, 0.717) is 0 Å². The van der Waals surface area contributed by atoms with E-state index in [2.05, 4.69) is 32.3 Å². The van der Waals surface area contributed by atoms with Crippen LogP contribution in [0.2, 0.25) is 0 Å². The highest BCUT2D eigenvalue weighted by Crippen LogP contribution is 2.17. The molecule has 0 heterocycles. The van der Waals surface area contributed by atoms with E-state index < -0.39 is 0 Å². The summed E-state index contributed by atoms with van der Waals surface area (Å²) in [5.41, 5.74) is 1.51. The highest BCUT2D eigenvalue weighted by molar-refractivity contribution is 4.93. The molecule has 1 nitrogen and oxygen atoms in total. The van der Waals surface area contributed by atoms with Gasteiger partial charge < -0.3 is 4.90 Å². The summed E-state index contributed by atoms with van der Waals surface area (Å²) in [6.45, 7) is 15.2. The number of rotatable bonds is 26. The lowest BCUT2D eigenvalue weighted by atomic mass is 10.0. The van der Waals surface area contributed by atoms with Gasteiger partial charge in [0.15, 0.2) is 0 Å². The molecule has 0 bridgehead atoms. The van der Waals surface area contributed by atoms with Crippen molar-refractivity contribution in [2.75, 3.05) is 19.6 Å². The van der Waals surface area contributed by atoms with Crippen LogP contribution in [-0.4, -0.2) is 24.5 Å². The van der Waals surface area contributed by atoms with E-state index in [0.717, 1.165) is 0 Å². The van der Waals surface area contributed by atoms with Crippen molar-refractivity contribution >= 4 is 0 Å². The first kappa shape index (κ1) is 30.7. The van der Waals surface area contributed by atoms with Gasteiger partial charge in [-0.05, 0) is 64.6 Å². The van der Waals surface area contributed by atoms with Crippen LogP contribution >= 0.6 is 0 Å². The van der Waals surface area contributed by atoms with Gasteiger partial charge in [0.1, 0.15) is 0 Å². The molecule has 0 aromatic carbocycles. The molecule has 0 unspecified atom stereocenters. The minimum absolute atomic E-state index is 1.27. The maximum Gasteiger partial charge on any atom is -0.00187 e. The van der Waals surface area contributed by atoms with Crippen molar-refractivity contribution in [2.45, 2.75) is 162 Å². The summed E-state index contributed by atoms with van der Waals surface area (Å²) in [6, 6.07) is 0. The molecule has 0 aliphatic heterocycles. The van der Waals surface area contributed by atoms with Crippen molar-refractivity contribution in [3.63, 3.8) is 0 Å². The van der Waals surface area contributed by atoms with Gasteiger partial charge in [0.05, 0.1) is 0 Å². The Morgan fingerprint density at radius 1 is 0.419 bits per heavy atom. The Balaban J connectivity index is 3.46. The van der Waals surface area contributed by atoms with Crippen LogP contribution in [0, 0.1) is 0 Å².